The fraction of sp³-hybridized carbons (Fsp3) is 0.550. The Morgan fingerprint density at radius 1 is 0.963 bits per heavy atom. The van der Waals surface area contributed by atoms with Crippen molar-refractivity contribution in [2.75, 3.05) is 45.2 Å². The van der Waals surface area contributed by atoms with Crippen LogP contribution in [0.5, 0.6) is 0 Å². The van der Waals surface area contributed by atoms with Crippen LogP contribution in [-0.2, 0) is 4.79 Å². The summed E-state index contributed by atoms with van der Waals surface area (Å²) in [7, 11) is 3.21. The number of imide groups is 1. The highest BCUT2D eigenvalue weighted by atomic mass is 16.2. The fourth-order valence-electron chi connectivity index (χ4n) is 4.64. The van der Waals surface area contributed by atoms with Crippen LogP contribution < -0.4 is 4.90 Å². The van der Waals surface area contributed by atoms with Crippen LogP contribution in [0.3, 0.4) is 0 Å². The number of anilines is 1. The Labute approximate surface area is 159 Å². The molecule has 0 unspecified atom stereocenters. The number of benzene rings is 1. The monoisotopic (exact) mass is 370 g/mol. The molecule has 4 amide bonds. The van der Waals surface area contributed by atoms with E-state index < -0.39 is 5.54 Å². The summed E-state index contributed by atoms with van der Waals surface area (Å²) in [5, 5.41) is 0. The molecular weight excluding hydrogens is 344 g/mol. The smallest absolute Gasteiger partial charge is 0.327 e. The maximum Gasteiger partial charge on any atom is 0.327 e. The summed E-state index contributed by atoms with van der Waals surface area (Å²) in [6.07, 6.45) is 3.28. The topological polar surface area (TPSA) is 64.2 Å². The van der Waals surface area contributed by atoms with Gasteiger partial charge in [0, 0.05) is 46.0 Å². The van der Waals surface area contributed by atoms with Crippen LogP contribution in [0.2, 0.25) is 0 Å². The Kier molecular flexibility index (Phi) is 4.32. The number of carbonyl (C=O) groups excluding carboxylic acids is 3. The van der Waals surface area contributed by atoms with E-state index in [1.807, 2.05) is 29.2 Å². The summed E-state index contributed by atoms with van der Waals surface area (Å²) in [5.74, 6) is -0.139. The highest BCUT2D eigenvalue weighted by molar-refractivity contribution is 6.07. The van der Waals surface area contributed by atoms with Crippen LogP contribution in [-0.4, -0.2) is 78.4 Å². The molecule has 0 saturated carbocycles. The maximum atomic E-state index is 13.2. The lowest BCUT2D eigenvalue weighted by molar-refractivity contribution is -0.134. The van der Waals surface area contributed by atoms with Gasteiger partial charge in [0.05, 0.1) is 5.56 Å². The molecule has 0 aromatic heterocycles. The van der Waals surface area contributed by atoms with E-state index in [0.29, 0.717) is 25.9 Å². The Balaban J connectivity index is 1.52. The molecule has 144 valence electrons. The van der Waals surface area contributed by atoms with E-state index in [1.165, 1.54) is 11.9 Å². The molecule has 27 heavy (non-hydrogen) atoms. The van der Waals surface area contributed by atoms with E-state index in [2.05, 4.69) is 4.90 Å². The van der Waals surface area contributed by atoms with Gasteiger partial charge in [-0.2, -0.15) is 0 Å². The van der Waals surface area contributed by atoms with Gasteiger partial charge in [-0.1, -0.05) is 12.1 Å². The second-order valence-electron chi connectivity index (χ2n) is 7.74. The zero-order valence-corrected chi connectivity index (χ0v) is 16.0. The van der Waals surface area contributed by atoms with Gasteiger partial charge in [0.1, 0.15) is 5.54 Å². The van der Waals surface area contributed by atoms with Crippen LogP contribution in [0.15, 0.2) is 24.3 Å². The molecule has 3 saturated heterocycles. The van der Waals surface area contributed by atoms with E-state index >= 15 is 0 Å². The molecule has 0 bridgehead atoms. The van der Waals surface area contributed by atoms with Gasteiger partial charge in [-0.05, 0) is 37.8 Å². The molecule has 0 aliphatic carbocycles. The van der Waals surface area contributed by atoms with Crippen LogP contribution in [0.25, 0.3) is 0 Å². The molecule has 0 radical (unpaired) electrons. The predicted octanol–water partition coefficient (Wildman–Crippen LogP) is 1.79. The first kappa shape index (κ1) is 17.8. The van der Waals surface area contributed by atoms with Gasteiger partial charge >= 0.3 is 6.03 Å². The largest absolute Gasteiger partial charge is 0.371 e. The second-order valence-corrected chi connectivity index (χ2v) is 7.74. The van der Waals surface area contributed by atoms with Crippen molar-refractivity contribution in [3.05, 3.63) is 29.8 Å². The van der Waals surface area contributed by atoms with Gasteiger partial charge in [0.15, 0.2) is 0 Å². The Morgan fingerprint density at radius 3 is 2.19 bits per heavy atom. The lowest BCUT2D eigenvalue weighted by Gasteiger charge is -2.41. The number of likely N-dealkylation sites (N-methyl/N-ethyl adjacent to an activating group) is 2. The van der Waals surface area contributed by atoms with Gasteiger partial charge in [-0.25, -0.2) is 4.79 Å². The van der Waals surface area contributed by atoms with Gasteiger partial charge in [0.2, 0.25) is 0 Å². The van der Waals surface area contributed by atoms with Gasteiger partial charge < -0.3 is 14.7 Å². The normalized spacial score (nSPS) is 22.3. The third-order valence-corrected chi connectivity index (χ3v) is 6.38. The minimum atomic E-state index is -0.795. The molecule has 3 aliphatic rings. The van der Waals surface area contributed by atoms with E-state index in [9.17, 15) is 14.4 Å². The molecule has 1 aromatic carbocycles. The van der Waals surface area contributed by atoms with Gasteiger partial charge in [-0.3, -0.25) is 14.5 Å². The number of urea groups is 1. The number of para-hydroxylation sites is 1. The number of nitrogens with zero attached hydrogens (tertiary/aromatic N) is 4. The van der Waals surface area contributed by atoms with Crippen molar-refractivity contribution in [1.29, 1.82) is 0 Å². The van der Waals surface area contributed by atoms with Crippen molar-refractivity contribution in [3.63, 3.8) is 0 Å². The van der Waals surface area contributed by atoms with Crippen molar-refractivity contribution in [2.45, 2.75) is 31.2 Å². The van der Waals surface area contributed by atoms with Crippen LogP contribution in [0.1, 0.15) is 36.0 Å². The SMILES string of the molecule is CN1C(=O)N(C)C2(CCN(C(=O)c3ccccc3N3CCCC3)CC2)C1=O. The summed E-state index contributed by atoms with van der Waals surface area (Å²) in [6, 6.07) is 7.53. The highest BCUT2D eigenvalue weighted by Crippen LogP contribution is 2.36. The number of rotatable bonds is 2. The van der Waals surface area contributed by atoms with E-state index in [-0.39, 0.29) is 17.8 Å². The Bertz CT molecular complexity index is 779. The molecule has 3 heterocycles. The van der Waals surface area contributed by atoms with Gasteiger partial charge in [0.25, 0.3) is 11.8 Å². The summed E-state index contributed by atoms with van der Waals surface area (Å²) in [5.41, 5.74) is 0.941. The molecule has 3 fully saturated rings. The number of carbonyl (C=O) groups is 3. The van der Waals surface area contributed by atoms with Crippen LogP contribution in [0.4, 0.5) is 10.5 Å². The third kappa shape index (κ3) is 2.67. The summed E-state index contributed by atoms with van der Waals surface area (Å²) >= 11 is 0. The average Bonchev–Trinajstić information content (AvgIpc) is 3.29. The standard InChI is InChI=1S/C20H26N4O3/c1-21-18(26)20(22(2)19(21)27)9-13-24(14-10-20)17(25)15-7-3-4-8-16(15)23-11-5-6-12-23/h3-4,7-8H,5-6,9-14H2,1-2H3. The summed E-state index contributed by atoms with van der Waals surface area (Å²) in [6.45, 7) is 2.93. The first-order valence-corrected chi connectivity index (χ1v) is 9.65. The summed E-state index contributed by atoms with van der Waals surface area (Å²) < 4.78 is 0. The minimum Gasteiger partial charge on any atom is -0.371 e. The summed E-state index contributed by atoms with van der Waals surface area (Å²) in [4.78, 5) is 44.8. The first-order valence-electron chi connectivity index (χ1n) is 9.65. The fourth-order valence-corrected chi connectivity index (χ4v) is 4.64. The van der Waals surface area contributed by atoms with Crippen LogP contribution >= 0.6 is 0 Å². The molecule has 4 rings (SSSR count). The van der Waals surface area contributed by atoms with Crippen molar-refractivity contribution in [3.8, 4) is 0 Å². The first-order chi connectivity index (χ1) is 13.0. The van der Waals surface area contributed by atoms with E-state index in [4.69, 9.17) is 0 Å². The molecule has 3 aliphatic heterocycles. The number of piperidine rings is 1. The molecule has 1 aromatic rings. The minimum absolute atomic E-state index is 0.0140. The van der Waals surface area contributed by atoms with E-state index in [1.54, 1.807) is 11.9 Å². The third-order valence-electron chi connectivity index (χ3n) is 6.38. The quantitative estimate of drug-likeness (QED) is 0.745. The van der Waals surface area contributed by atoms with Crippen molar-refractivity contribution in [1.82, 2.24) is 14.7 Å². The Hall–Kier alpha value is -2.57. The van der Waals surface area contributed by atoms with Crippen molar-refractivity contribution in [2.24, 2.45) is 0 Å². The second kappa shape index (κ2) is 6.55. The lowest BCUT2D eigenvalue weighted by atomic mass is 9.86. The zero-order chi connectivity index (χ0) is 19.2. The van der Waals surface area contributed by atoms with Gasteiger partial charge in [-0.15, -0.1) is 0 Å². The molecule has 7 nitrogen and oxygen atoms in total. The lowest BCUT2D eigenvalue weighted by Crippen LogP contribution is -2.56. The number of amides is 4. The van der Waals surface area contributed by atoms with Crippen molar-refractivity contribution < 1.29 is 14.4 Å². The van der Waals surface area contributed by atoms with Crippen molar-refractivity contribution >= 4 is 23.5 Å². The molecular formula is C20H26N4O3. The molecule has 7 heteroatoms. The predicted molar refractivity (Wildman–Crippen MR) is 102 cm³/mol. The molecule has 0 N–H and O–H groups in total. The van der Waals surface area contributed by atoms with E-state index in [0.717, 1.165) is 37.2 Å². The number of likely N-dealkylation sites (tertiary alicyclic amines) is 1. The average molecular weight is 370 g/mol. The molecule has 1 spiro atoms. The number of hydrogen-bond acceptors (Lipinski definition) is 4. The Morgan fingerprint density at radius 2 is 1.59 bits per heavy atom. The van der Waals surface area contributed by atoms with Crippen LogP contribution in [0, 0.1) is 0 Å². The maximum absolute atomic E-state index is 13.2. The highest BCUT2D eigenvalue weighted by Gasteiger charge is 2.55. The number of hydrogen-bond donors (Lipinski definition) is 0. The zero-order valence-electron chi connectivity index (χ0n) is 16.0. The molecule has 0 atom stereocenters.